The zero-order valence-electron chi connectivity index (χ0n) is 11.9. The van der Waals surface area contributed by atoms with Crippen LogP contribution in [-0.2, 0) is 6.54 Å². The van der Waals surface area contributed by atoms with E-state index in [2.05, 4.69) is 36.5 Å². The summed E-state index contributed by atoms with van der Waals surface area (Å²) in [6.07, 6.45) is 0. The molecule has 1 unspecified atom stereocenters. The van der Waals surface area contributed by atoms with E-state index in [1.54, 1.807) is 0 Å². The third-order valence-electron chi connectivity index (χ3n) is 3.22. The molecule has 2 aromatic carbocycles. The maximum absolute atomic E-state index is 5.90. The Morgan fingerprint density at radius 1 is 1.05 bits per heavy atom. The van der Waals surface area contributed by atoms with E-state index in [1.165, 1.54) is 11.1 Å². The van der Waals surface area contributed by atoms with E-state index in [1.807, 2.05) is 31.2 Å². The van der Waals surface area contributed by atoms with Gasteiger partial charge in [-0.15, -0.1) is 0 Å². The predicted octanol–water partition coefficient (Wildman–Crippen LogP) is 4.59. The highest BCUT2D eigenvalue weighted by atomic mass is 35.5. The Kier molecular flexibility index (Phi) is 5.45. The molecule has 0 amide bonds. The highest BCUT2D eigenvalue weighted by Gasteiger charge is 2.04. The third kappa shape index (κ3) is 4.26. The van der Waals surface area contributed by atoms with Crippen LogP contribution in [0.5, 0.6) is 5.75 Å². The summed E-state index contributed by atoms with van der Waals surface area (Å²) in [7, 11) is 0. The molecule has 2 rings (SSSR count). The van der Waals surface area contributed by atoms with Crippen LogP contribution in [0.2, 0.25) is 5.02 Å². The summed E-state index contributed by atoms with van der Waals surface area (Å²) in [4.78, 5) is 0. The van der Waals surface area contributed by atoms with E-state index in [0.29, 0.717) is 12.6 Å². The molecule has 1 N–H and O–H groups in total. The van der Waals surface area contributed by atoms with Crippen molar-refractivity contribution in [3.63, 3.8) is 0 Å². The van der Waals surface area contributed by atoms with Crippen LogP contribution in [0.15, 0.2) is 48.5 Å². The second-order valence-electron chi connectivity index (χ2n) is 4.73. The van der Waals surface area contributed by atoms with E-state index >= 15 is 0 Å². The summed E-state index contributed by atoms with van der Waals surface area (Å²) in [5.41, 5.74) is 2.48. The number of rotatable bonds is 6. The molecule has 0 spiro atoms. The molecule has 20 heavy (non-hydrogen) atoms. The van der Waals surface area contributed by atoms with Gasteiger partial charge in [0.1, 0.15) is 5.75 Å². The molecular weight excluding hydrogens is 270 g/mol. The number of hydrogen-bond acceptors (Lipinski definition) is 2. The average molecular weight is 290 g/mol. The first kappa shape index (κ1) is 14.9. The van der Waals surface area contributed by atoms with Gasteiger partial charge in [-0.2, -0.15) is 0 Å². The molecule has 0 saturated heterocycles. The number of ether oxygens (including phenoxy) is 1. The zero-order chi connectivity index (χ0) is 14.4. The van der Waals surface area contributed by atoms with Crippen LogP contribution < -0.4 is 10.1 Å². The molecular formula is C17H20ClNO. The minimum atomic E-state index is 0.291. The van der Waals surface area contributed by atoms with Crippen LogP contribution in [0, 0.1) is 0 Å². The molecule has 106 valence electrons. The molecule has 0 aromatic heterocycles. The van der Waals surface area contributed by atoms with Crippen LogP contribution in [0.3, 0.4) is 0 Å². The number of hydrogen-bond donors (Lipinski definition) is 1. The van der Waals surface area contributed by atoms with Crippen LogP contribution in [0.1, 0.15) is 31.0 Å². The standard InChI is InChI=1S/C17H20ClNO/c1-3-20-17-10-4-14(5-11-17)12-19-13(2)15-6-8-16(18)9-7-15/h4-11,13,19H,3,12H2,1-2H3. The SMILES string of the molecule is CCOc1ccc(CNC(C)c2ccc(Cl)cc2)cc1. The molecule has 0 radical (unpaired) electrons. The molecule has 0 aliphatic carbocycles. The Labute approximate surface area is 125 Å². The van der Waals surface area contributed by atoms with E-state index in [0.717, 1.165) is 17.3 Å². The lowest BCUT2D eigenvalue weighted by Crippen LogP contribution is -2.17. The molecule has 0 aliphatic heterocycles. The third-order valence-corrected chi connectivity index (χ3v) is 3.47. The quantitative estimate of drug-likeness (QED) is 0.840. The molecule has 0 bridgehead atoms. The Hall–Kier alpha value is -1.51. The summed E-state index contributed by atoms with van der Waals surface area (Å²) >= 11 is 5.90. The molecule has 0 heterocycles. The van der Waals surface area contributed by atoms with E-state index in [-0.39, 0.29) is 0 Å². The summed E-state index contributed by atoms with van der Waals surface area (Å²) < 4.78 is 5.43. The Balaban J connectivity index is 1.89. The second-order valence-corrected chi connectivity index (χ2v) is 5.17. The van der Waals surface area contributed by atoms with Crippen molar-refractivity contribution in [1.29, 1.82) is 0 Å². The van der Waals surface area contributed by atoms with Gasteiger partial charge in [0.2, 0.25) is 0 Å². The van der Waals surface area contributed by atoms with Gasteiger partial charge >= 0.3 is 0 Å². The van der Waals surface area contributed by atoms with Crippen molar-refractivity contribution in [2.45, 2.75) is 26.4 Å². The molecule has 0 saturated carbocycles. The van der Waals surface area contributed by atoms with Crippen molar-refractivity contribution >= 4 is 11.6 Å². The molecule has 2 nitrogen and oxygen atoms in total. The maximum atomic E-state index is 5.90. The lowest BCUT2D eigenvalue weighted by atomic mass is 10.1. The Bertz CT molecular complexity index is 522. The minimum absolute atomic E-state index is 0.291. The van der Waals surface area contributed by atoms with Gasteiger partial charge in [-0.1, -0.05) is 35.9 Å². The fourth-order valence-electron chi connectivity index (χ4n) is 2.01. The van der Waals surface area contributed by atoms with Crippen molar-refractivity contribution < 1.29 is 4.74 Å². The fourth-order valence-corrected chi connectivity index (χ4v) is 2.14. The topological polar surface area (TPSA) is 21.3 Å². The molecule has 3 heteroatoms. The molecule has 1 atom stereocenters. The van der Waals surface area contributed by atoms with Gasteiger partial charge in [0.25, 0.3) is 0 Å². The van der Waals surface area contributed by atoms with E-state index < -0.39 is 0 Å². The van der Waals surface area contributed by atoms with Crippen LogP contribution >= 0.6 is 11.6 Å². The predicted molar refractivity (Wildman–Crippen MR) is 84.3 cm³/mol. The summed E-state index contributed by atoms with van der Waals surface area (Å²) in [6, 6.07) is 16.4. The van der Waals surface area contributed by atoms with Crippen molar-refractivity contribution in [2.75, 3.05) is 6.61 Å². The lowest BCUT2D eigenvalue weighted by molar-refractivity contribution is 0.340. The number of benzene rings is 2. The minimum Gasteiger partial charge on any atom is -0.494 e. The maximum Gasteiger partial charge on any atom is 0.119 e. The number of halogens is 1. The summed E-state index contributed by atoms with van der Waals surface area (Å²) in [6.45, 7) is 5.67. The van der Waals surface area contributed by atoms with E-state index in [4.69, 9.17) is 16.3 Å². The van der Waals surface area contributed by atoms with Crippen LogP contribution in [-0.4, -0.2) is 6.61 Å². The summed E-state index contributed by atoms with van der Waals surface area (Å²) in [5.74, 6) is 0.919. The fraction of sp³-hybridized carbons (Fsp3) is 0.294. The van der Waals surface area contributed by atoms with Gasteiger partial charge in [-0.05, 0) is 49.2 Å². The van der Waals surface area contributed by atoms with Gasteiger partial charge in [-0.3, -0.25) is 0 Å². The average Bonchev–Trinajstić information content (AvgIpc) is 2.47. The number of nitrogens with one attached hydrogen (secondary N) is 1. The van der Waals surface area contributed by atoms with Crippen molar-refractivity contribution in [3.8, 4) is 5.75 Å². The van der Waals surface area contributed by atoms with Crippen LogP contribution in [0.25, 0.3) is 0 Å². The van der Waals surface area contributed by atoms with Gasteiger partial charge < -0.3 is 10.1 Å². The lowest BCUT2D eigenvalue weighted by Gasteiger charge is -2.14. The van der Waals surface area contributed by atoms with Crippen LogP contribution in [0.4, 0.5) is 0 Å². The smallest absolute Gasteiger partial charge is 0.119 e. The van der Waals surface area contributed by atoms with E-state index in [9.17, 15) is 0 Å². The van der Waals surface area contributed by atoms with Gasteiger partial charge in [0.05, 0.1) is 6.61 Å². The monoisotopic (exact) mass is 289 g/mol. The van der Waals surface area contributed by atoms with Gasteiger partial charge in [-0.25, -0.2) is 0 Å². The Morgan fingerprint density at radius 2 is 1.70 bits per heavy atom. The zero-order valence-corrected chi connectivity index (χ0v) is 12.7. The van der Waals surface area contributed by atoms with Crippen molar-refractivity contribution in [2.24, 2.45) is 0 Å². The summed E-state index contributed by atoms with van der Waals surface area (Å²) in [5, 5.41) is 4.27. The van der Waals surface area contributed by atoms with Gasteiger partial charge in [0.15, 0.2) is 0 Å². The second kappa shape index (κ2) is 7.32. The first-order valence-corrected chi connectivity index (χ1v) is 7.27. The first-order valence-electron chi connectivity index (χ1n) is 6.89. The highest BCUT2D eigenvalue weighted by Crippen LogP contribution is 2.17. The first-order chi connectivity index (χ1) is 9.69. The molecule has 2 aromatic rings. The van der Waals surface area contributed by atoms with Crippen molar-refractivity contribution in [1.82, 2.24) is 5.32 Å². The normalized spacial score (nSPS) is 12.2. The largest absolute Gasteiger partial charge is 0.494 e. The Morgan fingerprint density at radius 3 is 2.30 bits per heavy atom. The van der Waals surface area contributed by atoms with Gasteiger partial charge in [0, 0.05) is 17.6 Å². The highest BCUT2D eigenvalue weighted by molar-refractivity contribution is 6.30. The van der Waals surface area contributed by atoms with Crippen molar-refractivity contribution in [3.05, 3.63) is 64.7 Å². The molecule has 0 fully saturated rings. The molecule has 0 aliphatic rings.